The molecule has 0 bridgehead atoms. The quantitative estimate of drug-likeness (QED) is 0.888. The third kappa shape index (κ3) is 3.72. The molecule has 1 aliphatic rings. The second-order valence-electron chi connectivity index (χ2n) is 5.78. The summed E-state index contributed by atoms with van der Waals surface area (Å²) < 4.78 is 1.04. The van der Waals surface area contributed by atoms with Crippen LogP contribution in [0.4, 0.5) is 0 Å². The summed E-state index contributed by atoms with van der Waals surface area (Å²) in [7, 11) is 0. The van der Waals surface area contributed by atoms with E-state index in [1.54, 1.807) is 0 Å². The monoisotopic (exact) mass is 344 g/mol. The normalized spacial score (nSPS) is 28.6. The summed E-state index contributed by atoms with van der Waals surface area (Å²) >= 11 is 9.78. The first kappa shape index (κ1) is 15.3. The summed E-state index contributed by atoms with van der Waals surface area (Å²) in [5.41, 5.74) is 1.42. The van der Waals surface area contributed by atoms with Gasteiger partial charge in [-0.05, 0) is 38.0 Å². The molecule has 1 heterocycles. The van der Waals surface area contributed by atoms with Crippen LogP contribution in [-0.2, 0) is 6.54 Å². The van der Waals surface area contributed by atoms with Gasteiger partial charge in [0.15, 0.2) is 0 Å². The lowest BCUT2D eigenvalue weighted by Crippen LogP contribution is -2.61. The number of piperazine rings is 1. The molecule has 1 aliphatic heterocycles. The Balaban J connectivity index is 2.12. The molecule has 106 valence electrons. The highest BCUT2D eigenvalue weighted by atomic mass is 79.9. The van der Waals surface area contributed by atoms with Crippen LogP contribution in [-0.4, -0.2) is 29.6 Å². The van der Waals surface area contributed by atoms with Crippen LogP contribution in [0.15, 0.2) is 22.7 Å². The Hall–Kier alpha value is -0.0900. The number of hydrogen-bond acceptors (Lipinski definition) is 2. The van der Waals surface area contributed by atoms with Gasteiger partial charge in [0, 0.05) is 40.7 Å². The molecule has 2 atom stereocenters. The van der Waals surface area contributed by atoms with Crippen molar-refractivity contribution in [2.24, 2.45) is 0 Å². The van der Waals surface area contributed by atoms with Gasteiger partial charge in [0.05, 0.1) is 0 Å². The van der Waals surface area contributed by atoms with E-state index in [4.69, 9.17) is 11.6 Å². The topological polar surface area (TPSA) is 15.3 Å². The first-order valence-corrected chi connectivity index (χ1v) is 8.03. The second kappa shape index (κ2) is 6.13. The van der Waals surface area contributed by atoms with Gasteiger partial charge in [-0.15, -0.1) is 0 Å². The summed E-state index contributed by atoms with van der Waals surface area (Å²) in [6.45, 7) is 9.85. The maximum absolute atomic E-state index is 6.33. The van der Waals surface area contributed by atoms with E-state index in [1.807, 2.05) is 6.07 Å². The summed E-state index contributed by atoms with van der Waals surface area (Å²) in [6.07, 6.45) is 1.14. The number of nitrogens with one attached hydrogen (secondary N) is 1. The average Bonchev–Trinajstić information content (AvgIpc) is 2.37. The zero-order valence-corrected chi connectivity index (χ0v) is 14.2. The molecule has 1 fully saturated rings. The zero-order valence-electron chi connectivity index (χ0n) is 11.8. The SMILES string of the molecule is CCC1(C)CN(Cc2ccc(Br)cc2Cl)C(C)CN1. The largest absolute Gasteiger partial charge is 0.309 e. The highest BCUT2D eigenvalue weighted by Gasteiger charge is 2.32. The van der Waals surface area contributed by atoms with Crippen molar-refractivity contribution in [1.29, 1.82) is 0 Å². The maximum Gasteiger partial charge on any atom is 0.0462 e. The van der Waals surface area contributed by atoms with Crippen LogP contribution >= 0.6 is 27.5 Å². The van der Waals surface area contributed by atoms with Crippen molar-refractivity contribution in [3.8, 4) is 0 Å². The van der Waals surface area contributed by atoms with Crippen molar-refractivity contribution in [3.05, 3.63) is 33.3 Å². The van der Waals surface area contributed by atoms with Gasteiger partial charge in [0.2, 0.25) is 0 Å². The highest BCUT2D eigenvalue weighted by molar-refractivity contribution is 9.10. The summed E-state index contributed by atoms with van der Waals surface area (Å²) in [6, 6.07) is 6.69. The van der Waals surface area contributed by atoms with Gasteiger partial charge in [-0.2, -0.15) is 0 Å². The molecule has 19 heavy (non-hydrogen) atoms. The lowest BCUT2D eigenvalue weighted by Gasteiger charge is -2.45. The van der Waals surface area contributed by atoms with E-state index in [2.05, 4.69) is 59.1 Å². The van der Waals surface area contributed by atoms with E-state index in [0.29, 0.717) is 6.04 Å². The third-order valence-corrected chi connectivity index (χ3v) is 5.01. The molecule has 0 amide bonds. The fraction of sp³-hybridized carbons (Fsp3) is 0.600. The van der Waals surface area contributed by atoms with E-state index in [0.717, 1.165) is 35.6 Å². The predicted octanol–water partition coefficient (Wildman–Crippen LogP) is 4.06. The molecular weight excluding hydrogens is 324 g/mol. The lowest BCUT2D eigenvalue weighted by molar-refractivity contribution is 0.0866. The smallest absolute Gasteiger partial charge is 0.0462 e. The molecule has 1 saturated heterocycles. The van der Waals surface area contributed by atoms with Crippen LogP contribution in [0.3, 0.4) is 0 Å². The number of nitrogens with zero attached hydrogens (tertiary/aromatic N) is 1. The Morgan fingerprint density at radius 1 is 1.53 bits per heavy atom. The van der Waals surface area contributed by atoms with Crippen LogP contribution in [0.5, 0.6) is 0 Å². The fourth-order valence-corrected chi connectivity index (χ4v) is 3.23. The average molecular weight is 346 g/mol. The minimum atomic E-state index is 0.217. The van der Waals surface area contributed by atoms with Crippen molar-refractivity contribution >= 4 is 27.5 Å². The molecule has 0 spiro atoms. The molecule has 0 aromatic heterocycles. The standard InChI is InChI=1S/C15H22BrClN2/c1-4-15(3)10-19(11(2)8-18-15)9-12-5-6-13(16)7-14(12)17/h5-7,11,18H,4,8-10H2,1-3H3. The Kier molecular flexibility index (Phi) is 4.93. The predicted molar refractivity (Wildman–Crippen MR) is 85.7 cm³/mol. The molecule has 0 saturated carbocycles. The molecule has 2 nitrogen and oxygen atoms in total. The first-order chi connectivity index (χ1) is 8.93. The van der Waals surface area contributed by atoms with Gasteiger partial charge in [0.1, 0.15) is 0 Å². The van der Waals surface area contributed by atoms with Crippen LogP contribution in [0.1, 0.15) is 32.8 Å². The van der Waals surface area contributed by atoms with Crippen LogP contribution < -0.4 is 5.32 Å². The van der Waals surface area contributed by atoms with Crippen molar-refractivity contribution in [1.82, 2.24) is 10.2 Å². The van der Waals surface area contributed by atoms with Crippen molar-refractivity contribution in [2.75, 3.05) is 13.1 Å². The molecule has 1 aromatic rings. The number of hydrogen-bond donors (Lipinski definition) is 1. The van der Waals surface area contributed by atoms with Crippen molar-refractivity contribution < 1.29 is 0 Å². The van der Waals surface area contributed by atoms with E-state index in [1.165, 1.54) is 5.56 Å². The van der Waals surface area contributed by atoms with Crippen molar-refractivity contribution in [2.45, 2.75) is 45.3 Å². The molecule has 0 aliphatic carbocycles. The zero-order chi connectivity index (χ0) is 14.0. The van der Waals surface area contributed by atoms with E-state index < -0.39 is 0 Å². The number of benzene rings is 1. The molecule has 2 unspecified atom stereocenters. The summed E-state index contributed by atoms with van der Waals surface area (Å²) in [4.78, 5) is 2.52. The van der Waals surface area contributed by atoms with Crippen molar-refractivity contribution in [3.63, 3.8) is 0 Å². The van der Waals surface area contributed by atoms with Crippen LogP contribution in [0.2, 0.25) is 5.02 Å². The third-order valence-electron chi connectivity index (χ3n) is 4.17. The second-order valence-corrected chi connectivity index (χ2v) is 7.11. The molecule has 1 N–H and O–H groups in total. The van der Waals surface area contributed by atoms with Gasteiger partial charge < -0.3 is 5.32 Å². The lowest BCUT2D eigenvalue weighted by atomic mass is 9.93. The molecular formula is C15H22BrClN2. The molecule has 4 heteroatoms. The Morgan fingerprint density at radius 2 is 2.26 bits per heavy atom. The van der Waals surface area contributed by atoms with Crippen LogP contribution in [0.25, 0.3) is 0 Å². The Bertz CT molecular complexity index is 452. The number of rotatable bonds is 3. The minimum absolute atomic E-state index is 0.217. The Morgan fingerprint density at radius 3 is 2.89 bits per heavy atom. The maximum atomic E-state index is 6.33. The molecule has 2 rings (SSSR count). The Labute approximate surface area is 129 Å². The summed E-state index contributed by atoms with van der Waals surface area (Å²) in [5.74, 6) is 0. The highest BCUT2D eigenvalue weighted by Crippen LogP contribution is 2.26. The number of halogens is 2. The van der Waals surface area contributed by atoms with E-state index in [9.17, 15) is 0 Å². The van der Waals surface area contributed by atoms with Gasteiger partial charge in [-0.25, -0.2) is 0 Å². The first-order valence-electron chi connectivity index (χ1n) is 6.86. The van der Waals surface area contributed by atoms with Gasteiger partial charge in [-0.3, -0.25) is 4.90 Å². The minimum Gasteiger partial charge on any atom is -0.309 e. The van der Waals surface area contributed by atoms with E-state index >= 15 is 0 Å². The molecule has 0 radical (unpaired) electrons. The van der Waals surface area contributed by atoms with Gasteiger partial charge in [0.25, 0.3) is 0 Å². The van der Waals surface area contributed by atoms with E-state index in [-0.39, 0.29) is 5.54 Å². The van der Waals surface area contributed by atoms with Gasteiger partial charge in [-0.1, -0.05) is 40.5 Å². The summed E-state index contributed by atoms with van der Waals surface area (Å²) in [5, 5.41) is 4.50. The van der Waals surface area contributed by atoms with Crippen LogP contribution in [0, 0.1) is 0 Å². The molecule has 1 aromatic carbocycles. The fourth-order valence-electron chi connectivity index (χ4n) is 2.50. The van der Waals surface area contributed by atoms with Gasteiger partial charge >= 0.3 is 0 Å².